The Morgan fingerprint density at radius 1 is 1.21 bits per heavy atom. The molecule has 7 heteroatoms. The first-order chi connectivity index (χ1) is 13.6. The Bertz CT molecular complexity index is 794. The van der Waals surface area contributed by atoms with Gasteiger partial charge in [0.1, 0.15) is 5.15 Å². The van der Waals surface area contributed by atoms with Crippen molar-refractivity contribution in [2.24, 2.45) is 10.9 Å². The van der Waals surface area contributed by atoms with Crippen LogP contribution in [0.25, 0.3) is 0 Å². The SMILES string of the molecule is CN=C(NCc1ccc(Cl)nc1)NCC1CC(=O)N(CCc2ccccc2)C1. The summed E-state index contributed by atoms with van der Waals surface area (Å²) in [6.45, 7) is 2.88. The Labute approximate surface area is 171 Å². The van der Waals surface area contributed by atoms with Crippen molar-refractivity contribution in [3.05, 3.63) is 64.9 Å². The monoisotopic (exact) mass is 399 g/mol. The quantitative estimate of drug-likeness (QED) is 0.426. The van der Waals surface area contributed by atoms with Crippen LogP contribution in [0.5, 0.6) is 0 Å². The van der Waals surface area contributed by atoms with Gasteiger partial charge in [-0.15, -0.1) is 0 Å². The molecule has 0 bridgehead atoms. The third kappa shape index (κ3) is 5.96. The number of carbonyl (C=O) groups excluding carboxylic acids is 1. The van der Waals surface area contributed by atoms with Crippen LogP contribution >= 0.6 is 11.6 Å². The molecule has 0 radical (unpaired) electrons. The van der Waals surface area contributed by atoms with Crippen LogP contribution in [-0.4, -0.2) is 48.4 Å². The molecule has 1 aromatic carbocycles. The molecular formula is C21H26ClN5O. The van der Waals surface area contributed by atoms with Crippen molar-refractivity contribution in [3.8, 4) is 0 Å². The van der Waals surface area contributed by atoms with Crippen molar-refractivity contribution in [1.29, 1.82) is 0 Å². The van der Waals surface area contributed by atoms with Gasteiger partial charge in [0.05, 0.1) is 0 Å². The number of carbonyl (C=O) groups is 1. The van der Waals surface area contributed by atoms with Crippen LogP contribution in [0.3, 0.4) is 0 Å². The minimum absolute atomic E-state index is 0.234. The molecule has 1 fully saturated rings. The van der Waals surface area contributed by atoms with Gasteiger partial charge >= 0.3 is 0 Å². The summed E-state index contributed by atoms with van der Waals surface area (Å²) >= 11 is 5.81. The summed E-state index contributed by atoms with van der Waals surface area (Å²) in [7, 11) is 1.74. The summed E-state index contributed by atoms with van der Waals surface area (Å²) in [6.07, 6.45) is 3.22. The van der Waals surface area contributed by atoms with Gasteiger partial charge in [-0.1, -0.05) is 48.0 Å². The molecule has 0 aliphatic carbocycles. The number of guanidine groups is 1. The second kappa shape index (κ2) is 10.1. The molecule has 1 aliphatic rings. The van der Waals surface area contributed by atoms with Crippen LogP contribution in [0.2, 0.25) is 5.15 Å². The predicted octanol–water partition coefficient (Wildman–Crippen LogP) is 2.49. The van der Waals surface area contributed by atoms with E-state index in [0.717, 1.165) is 25.1 Å². The maximum Gasteiger partial charge on any atom is 0.223 e. The number of nitrogens with one attached hydrogen (secondary N) is 2. The first-order valence-corrected chi connectivity index (χ1v) is 9.88. The van der Waals surface area contributed by atoms with Crippen LogP contribution in [0, 0.1) is 5.92 Å². The fourth-order valence-corrected chi connectivity index (χ4v) is 3.39. The van der Waals surface area contributed by atoms with Crippen LogP contribution in [0.1, 0.15) is 17.5 Å². The molecule has 0 spiro atoms. The van der Waals surface area contributed by atoms with Crippen molar-refractivity contribution < 1.29 is 4.79 Å². The summed E-state index contributed by atoms with van der Waals surface area (Å²) in [6, 6.07) is 14.0. The number of amides is 1. The molecule has 3 rings (SSSR count). The highest BCUT2D eigenvalue weighted by molar-refractivity contribution is 6.29. The molecule has 1 unspecified atom stereocenters. The lowest BCUT2D eigenvalue weighted by Crippen LogP contribution is -2.40. The lowest BCUT2D eigenvalue weighted by atomic mass is 10.1. The molecule has 1 amide bonds. The van der Waals surface area contributed by atoms with Crippen molar-refractivity contribution in [2.75, 3.05) is 26.7 Å². The van der Waals surface area contributed by atoms with Crippen molar-refractivity contribution in [2.45, 2.75) is 19.4 Å². The average molecular weight is 400 g/mol. The molecule has 1 atom stereocenters. The Morgan fingerprint density at radius 2 is 2.04 bits per heavy atom. The van der Waals surface area contributed by atoms with Gasteiger partial charge in [0.15, 0.2) is 5.96 Å². The van der Waals surface area contributed by atoms with E-state index in [9.17, 15) is 4.79 Å². The number of hydrogen-bond donors (Lipinski definition) is 2. The third-order valence-electron chi connectivity index (χ3n) is 4.84. The Hall–Kier alpha value is -2.60. The molecular weight excluding hydrogens is 374 g/mol. The molecule has 1 saturated heterocycles. The minimum atomic E-state index is 0.234. The molecule has 148 valence electrons. The smallest absolute Gasteiger partial charge is 0.223 e. The summed E-state index contributed by atoms with van der Waals surface area (Å²) in [5.41, 5.74) is 2.29. The molecule has 1 aliphatic heterocycles. The number of aliphatic imine (C=N–C) groups is 1. The molecule has 2 N–H and O–H groups in total. The van der Waals surface area contributed by atoms with Gasteiger partial charge in [0.25, 0.3) is 0 Å². The highest BCUT2D eigenvalue weighted by atomic mass is 35.5. The van der Waals surface area contributed by atoms with Crippen molar-refractivity contribution in [3.63, 3.8) is 0 Å². The molecule has 2 heterocycles. The number of hydrogen-bond acceptors (Lipinski definition) is 3. The third-order valence-corrected chi connectivity index (χ3v) is 5.06. The van der Waals surface area contributed by atoms with E-state index in [0.29, 0.717) is 36.5 Å². The van der Waals surface area contributed by atoms with E-state index >= 15 is 0 Å². The number of rotatable bonds is 7. The molecule has 2 aromatic rings. The number of halogens is 1. The summed E-state index contributed by atoms with van der Waals surface area (Å²) < 4.78 is 0. The largest absolute Gasteiger partial charge is 0.356 e. The van der Waals surface area contributed by atoms with E-state index in [1.165, 1.54) is 5.56 Å². The summed E-state index contributed by atoms with van der Waals surface area (Å²) in [5, 5.41) is 7.06. The van der Waals surface area contributed by atoms with Crippen LogP contribution in [-0.2, 0) is 17.8 Å². The maximum absolute atomic E-state index is 12.3. The normalized spacial score (nSPS) is 17.1. The van der Waals surface area contributed by atoms with E-state index in [1.54, 1.807) is 19.3 Å². The average Bonchev–Trinajstić information content (AvgIpc) is 3.08. The standard InChI is InChI=1S/C21H26ClN5O/c1-23-21(25-13-17-7-8-19(22)24-12-17)26-14-18-11-20(28)27(15-18)10-9-16-5-3-2-4-6-16/h2-8,12,18H,9-11,13-15H2,1H3,(H2,23,25,26). The molecule has 6 nitrogen and oxygen atoms in total. The van der Waals surface area contributed by atoms with Gasteiger partial charge in [-0.25, -0.2) is 4.98 Å². The number of pyridine rings is 1. The summed E-state index contributed by atoms with van der Waals surface area (Å²) in [5.74, 6) is 1.24. The zero-order valence-corrected chi connectivity index (χ0v) is 16.8. The van der Waals surface area contributed by atoms with Gasteiger partial charge in [0, 0.05) is 51.8 Å². The fraction of sp³-hybridized carbons (Fsp3) is 0.381. The number of likely N-dealkylation sites (tertiary alicyclic amines) is 1. The Kier molecular flexibility index (Phi) is 7.25. The second-order valence-corrected chi connectivity index (χ2v) is 7.33. The van der Waals surface area contributed by atoms with Crippen molar-refractivity contribution >= 4 is 23.5 Å². The first-order valence-electron chi connectivity index (χ1n) is 9.50. The molecule has 28 heavy (non-hydrogen) atoms. The fourth-order valence-electron chi connectivity index (χ4n) is 3.27. The van der Waals surface area contributed by atoms with Crippen LogP contribution < -0.4 is 10.6 Å². The van der Waals surface area contributed by atoms with E-state index in [-0.39, 0.29) is 5.91 Å². The van der Waals surface area contributed by atoms with Gasteiger partial charge in [-0.05, 0) is 23.6 Å². The van der Waals surface area contributed by atoms with E-state index in [4.69, 9.17) is 11.6 Å². The number of aromatic nitrogens is 1. The minimum Gasteiger partial charge on any atom is -0.356 e. The maximum atomic E-state index is 12.3. The topological polar surface area (TPSA) is 69.6 Å². The highest BCUT2D eigenvalue weighted by Gasteiger charge is 2.29. The van der Waals surface area contributed by atoms with E-state index in [2.05, 4.69) is 32.7 Å². The van der Waals surface area contributed by atoms with Crippen molar-refractivity contribution in [1.82, 2.24) is 20.5 Å². The Balaban J connectivity index is 1.41. The highest BCUT2D eigenvalue weighted by Crippen LogP contribution is 2.17. The first kappa shape index (κ1) is 20.1. The molecule has 1 aromatic heterocycles. The molecule has 0 saturated carbocycles. The van der Waals surface area contributed by atoms with Gasteiger partial charge in [-0.2, -0.15) is 0 Å². The van der Waals surface area contributed by atoms with Gasteiger partial charge < -0.3 is 15.5 Å². The number of benzene rings is 1. The lowest BCUT2D eigenvalue weighted by Gasteiger charge is -2.18. The predicted molar refractivity (Wildman–Crippen MR) is 112 cm³/mol. The zero-order chi connectivity index (χ0) is 19.8. The van der Waals surface area contributed by atoms with Crippen LogP contribution in [0.4, 0.5) is 0 Å². The zero-order valence-electron chi connectivity index (χ0n) is 16.1. The summed E-state index contributed by atoms with van der Waals surface area (Å²) in [4.78, 5) is 22.6. The van der Waals surface area contributed by atoms with E-state index in [1.807, 2.05) is 29.2 Å². The number of nitrogens with zero attached hydrogens (tertiary/aromatic N) is 3. The Morgan fingerprint density at radius 3 is 2.75 bits per heavy atom. The second-order valence-electron chi connectivity index (χ2n) is 6.94. The van der Waals surface area contributed by atoms with Crippen LogP contribution in [0.15, 0.2) is 53.7 Å². The van der Waals surface area contributed by atoms with E-state index < -0.39 is 0 Å². The van der Waals surface area contributed by atoms with Gasteiger partial charge in [-0.3, -0.25) is 9.79 Å². The van der Waals surface area contributed by atoms with Gasteiger partial charge in [0.2, 0.25) is 5.91 Å². The lowest BCUT2D eigenvalue weighted by molar-refractivity contribution is -0.127.